The van der Waals surface area contributed by atoms with Crippen molar-refractivity contribution >= 4 is 0 Å². The summed E-state index contributed by atoms with van der Waals surface area (Å²) in [5.74, 6) is 0.732. The van der Waals surface area contributed by atoms with Crippen LogP contribution in [0.15, 0.2) is 0 Å². The molecule has 0 aromatic heterocycles. The van der Waals surface area contributed by atoms with E-state index in [0.29, 0.717) is 0 Å². The standard InChI is InChI=1S/C13H28O/c1-4-6-7-8-9-10-11-14-12-13(3)5-2/h13H,4-12H2,1-3H3/t13-/m1/s1. The summed E-state index contributed by atoms with van der Waals surface area (Å²) in [5, 5.41) is 0. The van der Waals surface area contributed by atoms with Gasteiger partial charge in [0.2, 0.25) is 0 Å². The normalized spacial score (nSPS) is 13.1. The fourth-order valence-corrected chi connectivity index (χ4v) is 1.39. The number of ether oxygens (including phenoxy) is 1. The van der Waals surface area contributed by atoms with Crippen molar-refractivity contribution in [1.82, 2.24) is 0 Å². The van der Waals surface area contributed by atoms with Gasteiger partial charge in [0.15, 0.2) is 0 Å². The van der Waals surface area contributed by atoms with E-state index in [1.54, 1.807) is 0 Å². The second-order valence-corrected chi connectivity index (χ2v) is 4.36. The maximum atomic E-state index is 5.59. The predicted molar refractivity (Wildman–Crippen MR) is 63.7 cm³/mol. The zero-order valence-electron chi connectivity index (χ0n) is 10.3. The molecule has 0 aromatic carbocycles. The molecule has 0 unspecified atom stereocenters. The largest absolute Gasteiger partial charge is 0.381 e. The van der Waals surface area contributed by atoms with Crippen LogP contribution in [0.5, 0.6) is 0 Å². The number of rotatable bonds is 10. The molecule has 0 bridgehead atoms. The first-order valence-corrected chi connectivity index (χ1v) is 6.39. The molecule has 0 aromatic rings. The Hall–Kier alpha value is -0.0400. The lowest BCUT2D eigenvalue weighted by Gasteiger charge is -2.08. The quantitative estimate of drug-likeness (QED) is 0.475. The Morgan fingerprint density at radius 3 is 2.21 bits per heavy atom. The molecule has 0 aliphatic rings. The van der Waals surface area contributed by atoms with E-state index in [1.807, 2.05) is 0 Å². The van der Waals surface area contributed by atoms with Crippen molar-refractivity contribution in [3.05, 3.63) is 0 Å². The van der Waals surface area contributed by atoms with Crippen molar-refractivity contribution in [2.75, 3.05) is 13.2 Å². The lowest BCUT2D eigenvalue weighted by atomic mass is 10.1. The smallest absolute Gasteiger partial charge is 0.0491 e. The lowest BCUT2D eigenvalue weighted by molar-refractivity contribution is 0.100. The van der Waals surface area contributed by atoms with Gasteiger partial charge in [-0.25, -0.2) is 0 Å². The average Bonchev–Trinajstić information content (AvgIpc) is 2.21. The Bertz CT molecular complexity index is 101. The zero-order chi connectivity index (χ0) is 10.6. The second-order valence-electron chi connectivity index (χ2n) is 4.36. The Morgan fingerprint density at radius 1 is 0.929 bits per heavy atom. The van der Waals surface area contributed by atoms with E-state index >= 15 is 0 Å². The zero-order valence-corrected chi connectivity index (χ0v) is 10.3. The molecule has 0 N–H and O–H groups in total. The van der Waals surface area contributed by atoms with Crippen molar-refractivity contribution in [2.24, 2.45) is 5.92 Å². The third-order valence-electron chi connectivity index (χ3n) is 2.74. The molecule has 1 atom stereocenters. The molecule has 0 fully saturated rings. The van der Waals surface area contributed by atoms with Crippen LogP contribution < -0.4 is 0 Å². The van der Waals surface area contributed by atoms with Crippen molar-refractivity contribution in [3.8, 4) is 0 Å². The molecule has 14 heavy (non-hydrogen) atoms. The van der Waals surface area contributed by atoms with Gasteiger partial charge in [-0.2, -0.15) is 0 Å². The third kappa shape index (κ3) is 10.0. The third-order valence-corrected chi connectivity index (χ3v) is 2.74. The van der Waals surface area contributed by atoms with E-state index in [9.17, 15) is 0 Å². The highest BCUT2D eigenvalue weighted by atomic mass is 16.5. The maximum Gasteiger partial charge on any atom is 0.0491 e. The van der Waals surface area contributed by atoms with E-state index in [0.717, 1.165) is 19.1 Å². The van der Waals surface area contributed by atoms with Crippen LogP contribution in [-0.4, -0.2) is 13.2 Å². The van der Waals surface area contributed by atoms with Crippen LogP contribution in [0.2, 0.25) is 0 Å². The summed E-state index contributed by atoms with van der Waals surface area (Å²) in [6, 6.07) is 0. The molecule has 0 heterocycles. The molecular formula is C13H28O. The minimum absolute atomic E-state index is 0.732. The van der Waals surface area contributed by atoms with Crippen LogP contribution in [0.1, 0.15) is 65.7 Å². The molecule has 0 amide bonds. The Morgan fingerprint density at radius 2 is 1.57 bits per heavy atom. The highest BCUT2D eigenvalue weighted by molar-refractivity contribution is 4.47. The molecule has 0 saturated carbocycles. The van der Waals surface area contributed by atoms with Crippen LogP contribution in [0.3, 0.4) is 0 Å². The first kappa shape index (κ1) is 14.0. The van der Waals surface area contributed by atoms with Gasteiger partial charge in [-0.05, 0) is 12.3 Å². The summed E-state index contributed by atoms with van der Waals surface area (Å²) in [6.45, 7) is 8.65. The molecule has 0 saturated heterocycles. The Kier molecular flexibility index (Phi) is 11.0. The van der Waals surface area contributed by atoms with Gasteiger partial charge >= 0.3 is 0 Å². The second kappa shape index (κ2) is 11.0. The van der Waals surface area contributed by atoms with Gasteiger partial charge in [0, 0.05) is 13.2 Å². The van der Waals surface area contributed by atoms with Gasteiger partial charge in [0.25, 0.3) is 0 Å². The first-order valence-electron chi connectivity index (χ1n) is 6.39. The first-order chi connectivity index (χ1) is 6.81. The monoisotopic (exact) mass is 200 g/mol. The number of unbranched alkanes of at least 4 members (excludes halogenated alkanes) is 5. The highest BCUT2D eigenvalue weighted by Gasteiger charge is 1.97. The Labute approximate surface area is 90.2 Å². The van der Waals surface area contributed by atoms with Gasteiger partial charge in [0.05, 0.1) is 0 Å². The predicted octanol–water partition coefficient (Wildman–Crippen LogP) is 4.41. The van der Waals surface area contributed by atoms with E-state index in [2.05, 4.69) is 20.8 Å². The molecule has 1 nitrogen and oxygen atoms in total. The van der Waals surface area contributed by atoms with Gasteiger partial charge in [-0.1, -0.05) is 59.3 Å². The van der Waals surface area contributed by atoms with Gasteiger partial charge < -0.3 is 4.74 Å². The van der Waals surface area contributed by atoms with Crippen molar-refractivity contribution in [1.29, 1.82) is 0 Å². The topological polar surface area (TPSA) is 9.23 Å². The molecule has 1 heteroatoms. The summed E-state index contributed by atoms with van der Waals surface area (Å²) in [5.41, 5.74) is 0. The van der Waals surface area contributed by atoms with Crippen LogP contribution in [0.25, 0.3) is 0 Å². The molecular weight excluding hydrogens is 172 g/mol. The summed E-state index contributed by atoms with van der Waals surface area (Å²) in [7, 11) is 0. The van der Waals surface area contributed by atoms with E-state index in [-0.39, 0.29) is 0 Å². The summed E-state index contributed by atoms with van der Waals surface area (Å²) >= 11 is 0. The van der Waals surface area contributed by atoms with Gasteiger partial charge in [-0.3, -0.25) is 0 Å². The summed E-state index contributed by atoms with van der Waals surface area (Å²) in [6.07, 6.45) is 9.36. The maximum absolute atomic E-state index is 5.59. The SMILES string of the molecule is CCCCCCCCOC[C@H](C)CC. The van der Waals surface area contributed by atoms with Crippen molar-refractivity contribution in [3.63, 3.8) is 0 Å². The van der Waals surface area contributed by atoms with Crippen LogP contribution in [0, 0.1) is 5.92 Å². The minimum atomic E-state index is 0.732. The van der Waals surface area contributed by atoms with Crippen molar-refractivity contribution < 1.29 is 4.74 Å². The van der Waals surface area contributed by atoms with Crippen LogP contribution in [-0.2, 0) is 4.74 Å². The highest BCUT2D eigenvalue weighted by Crippen LogP contribution is 2.06. The molecule has 0 aliphatic carbocycles. The molecule has 86 valence electrons. The minimum Gasteiger partial charge on any atom is -0.381 e. The summed E-state index contributed by atoms with van der Waals surface area (Å²) < 4.78 is 5.59. The van der Waals surface area contributed by atoms with Gasteiger partial charge in [0.1, 0.15) is 0 Å². The average molecular weight is 200 g/mol. The van der Waals surface area contributed by atoms with E-state index < -0.39 is 0 Å². The van der Waals surface area contributed by atoms with E-state index in [1.165, 1.54) is 44.9 Å². The Balaban J connectivity index is 2.92. The van der Waals surface area contributed by atoms with Crippen molar-refractivity contribution in [2.45, 2.75) is 65.7 Å². The van der Waals surface area contributed by atoms with Crippen LogP contribution >= 0.6 is 0 Å². The lowest BCUT2D eigenvalue weighted by Crippen LogP contribution is -2.05. The molecule has 0 rings (SSSR count). The molecule has 0 aliphatic heterocycles. The van der Waals surface area contributed by atoms with Crippen LogP contribution in [0.4, 0.5) is 0 Å². The van der Waals surface area contributed by atoms with Gasteiger partial charge in [-0.15, -0.1) is 0 Å². The number of hydrogen-bond donors (Lipinski definition) is 0. The fraction of sp³-hybridized carbons (Fsp3) is 1.00. The van der Waals surface area contributed by atoms with E-state index in [4.69, 9.17) is 4.74 Å². The fourth-order valence-electron chi connectivity index (χ4n) is 1.39. The molecule has 0 radical (unpaired) electrons. The number of hydrogen-bond acceptors (Lipinski definition) is 1. The summed E-state index contributed by atoms with van der Waals surface area (Å²) in [4.78, 5) is 0. The molecule has 0 spiro atoms.